The minimum atomic E-state index is -0.698. The molecule has 4 rings (SSSR count). The molecule has 208 valence electrons. The summed E-state index contributed by atoms with van der Waals surface area (Å²) in [6, 6.07) is 10.4. The molecule has 7 nitrogen and oxygen atoms in total. The number of benzene rings is 2. The molecule has 0 saturated carbocycles. The number of amides is 2. The van der Waals surface area contributed by atoms with Gasteiger partial charge < -0.3 is 24.6 Å². The van der Waals surface area contributed by atoms with Gasteiger partial charge in [0, 0.05) is 39.4 Å². The van der Waals surface area contributed by atoms with Gasteiger partial charge in [-0.15, -0.1) is 0 Å². The molecule has 5 bridgehead atoms. The monoisotopic (exact) mass is 523 g/mol. The summed E-state index contributed by atoms with van der Waals surface area (Å²) in [5.74, 6) is -0.0995. The smallest absolute Gasteiger partial charge is 0.407 e. The third kappa shape index (κ3) is 5.78. The minimum Gasteiger partial charge on any atom is -0.450 e. The Balaban J connectivity index is 1.77. The van der Waals surface area contributed by atoms with Gasteiger partial charge in [0.15, 0.2) is 0 Å². The van der Waals surface area contributed by atoms with Crippen LogP contribution in [0, 0.1) is 5.41 Å². The van der Waals surface area contributed by atoms with Gasteiger partial charge in [0.05, 0.1) is 13.2 Å². The van der Waals surface area contributed by atoms with Crippen LogP contribution in [0.2, 0.25) is 0 Å². The Morgan fingerprint density at radius 2 is 1.79 bits per heavy atom. The van der Waals surface area contributed by atoms with Gasteiger partial charge in [0.1, 0.15) is 11.6 Å². The molecule has 2 aromatic carbocycles. The summed E-state index contributed by atoms with van der Waals surface area (Å²) in [7, 11) is 5.93. The highest BCUT2D eigenvalue weighted by atomic mass is 16.5. The number of cyclic esters (lactones) is 1. The molecule has 0 spiro atoms. The van der Waals surface area contributed by atoms with Gasteiger partial charge in [-0.3, -0.25) is 4.79 Å². The number of hydrogen-bond acceptors (Lipinski definition) is 5. The van der Waals surface area contributed by atoms with E-state index in [1.165, 1.54) is 22.0 Å². The number of alkyl carbamates (subject to hydrolysis) is 1. The Labute approximate surface area is 227 Å². The summed E-state index contributed by atoms with van der Waals surface area (Å²) in [4.78, 5) is 30.7. The van der Waals surface area contributed by atoms with Crippen LogP contribution < -0.4 is 10.2 Å². The summed E-state index contributed by atoms with van der Waals surface area (Å²) >= 11 is 0. The Hall–Kier alpha value is -2.80. The molecule has 1 saturated heterocycles. The molecule has 38 heavy (non-hydrogen) atoms. The van der Waals surface area contributed by atoms with Crippen molar-refractivity contribution in [3.63, 3.8) is 0 Å². The van der Waals surface area contributed by atoms with Gasteiger partial charge in [-0.05, 0) is 71.7 Å². The van der Waals surface area contributed by atoms with Gasteiger partial charge in [-0.1, -0.05) is 45.7 Å². The fourth-order valence-corrected chi connectivity index (χ4v) is 6.00. The lowest BCUT2D eigenvalue weighted by Crippen LogP contribution is -2.56. The molecule has 0 radical (unpaired) electrons. The maximum atomic E-state index is 13.9. The molecule has 2 heterocycles. The predicted octanol–water partition coefficient (Wildman–Crippen LogP) is 5.63. The number of hydrogen-bond donors (Lipinski definition) is 1. The number of carbonyl (C=O) groups excluding carboxylic acids is 2. The highest BCUT2D eigenvalue weighted by Gasteiger charge is 2.48. The van der Waals surface area contributed by atoms with Crippen molar-refractivity contribution in [1.29, 1.82) is 0 Å². The molecule has 3 atom stereocenters. The summed E-state index contributed by atoms with van der Waals surface area (Å²) in [5.41, 5.74) is 2.57. The van der Waals surface area contributed by atoms with E-state index >= 15 is 0 Å². The Morgan fingerprint density at radius 1 is 1.05 bits per heavy atom. The van der Waals surface area contributed by atoms with Crippen LogP contribution in [0.4, 0.5) is 10.5 Å². The zero-order valence-corrected chi connectivity index (χ0v) is 24.2. The third-order valence-corrected chi connectivity index (χ3v) is 8.25. The number of rotatable bonds is 2. The van der Waals surface area contributed by atoms with Gasteiger partial charge in [-0.2, -0.15) is 0 Å². The minimum absolute atomic E-state index is 0.0434. The molecule has 2 aliphatic heterocycles. The molecule has 2 aliphatic rings. The van der Waals surface area contributed by atoms with E-state index in [0.717, 1.165) is 37.7 Å². The number of fused-ring (bicyclic) bond motifs is 5. The van der Waals surface area contributed by atoms with E-state index in [9.17, 15) is 9.59 Å². The average Bonchev–Trinajstić information content (AvgIpc) is 3.21. The van der Waals surface area contributed by atoms with Gasteiger partial charge >= 0.3 is 6.09 Å². The molecule has 7 heteroatoms. The van der Waals surface area contributed by atoms with Crippen LogP contribution in [-0.4, -0.2) is 63.3 Å². The van der Waals surface area contributed by atoms with E-state index in [1.807, 2.05) is 25.7 Å². The van der Waals surface area contributed by atoms with Crippen LogP contribution in [-0.2, 0) is 26.3 Å². The molecule has 2 aromatic rings. The van der Waals surface area contributed by atoms with Crippen molar-refractivity contribution in [3.05, 3.63) is 41.5 Å². The lowest BCUT2D eigenvalue weighted by Gasteiger charge is -2.35. The van der Waals surface area contributed by atoms with Crippen molar-refractivity contribution in [2.45, 2.75) is 83.9 Å². The number of methoxy groups -OCH3 is 1. The highest BCUT2D eigenvalue weighted by molar-refractivity contribution is 5.89. The second-order valence-corrected chi connectivity index (χ2v) is 12.4. The number of anilines is 1. The number of ether oxygens (including phenoxy) is 2. The largest absolute Gasteiger partial charge is 0.450 e. The zero-order valence-electron chi connectivity index (χ0n) is 24.2. The van der Waals surface area contributed by atoms with Crippen molar-refractivity contribution in [2.75, 3.05) is 39.3 Å². The van der Waals surface area contributed by atoms with Crippen molar-refractivity contribution in [1.82, 2.24) is 10.2 Å². The fourth-order valence-electron chi connectivity index (χ4n) is 6.00. The quantitative estimate of drug-likeness (QED) is 0.553. The summed E-state index contributed by atoms with van der Waals surface area (Å²) in [5, 5.41) is 5.28. The fraction of sp³-hybridized carbons (Fsp3) is 0.613. The van der Waals surface area contributed by atoms with E-state index in [-0.39, 0.29) is 11.9 Å². The Morgan fingerprint density at radius 3 is 2.47 bits per heavy atom. The summed E-state index contributed by atoms with van der Waals surface area (Å²) < 4.78 is 11.7. The van der Waals surface area contributed by atoms with Crippen molar-refractivity contribution < 1.29 is 19.1 Å². The van der Waals surface area contributed by atoms with E-state index < -0.39 is 23.2 Å². The first-order valence-electron chi connectivity index (χ1n) is 14.0. The van der Waals surface area contributed by atoms with Crippen LogP contribution in [0.3, 0.4) is 0 Å². The zero-order chi connectivity index (χ0) is 27.7. The Kier molecular flexibility index (Phi) is 8.26. The molecular formula is C31H45N3O4. The van der Waals surface area contributed by atoms with Crippen molar-refractivity contribution in [3.8, 4) is 0 Å². The average molecular weight is 524 g/mol. The molecular weight excluding hydrogens is 478 g/mol. The molecule has 1 N–H and O–H groups in total. The first-order chi connectivity index (χ1) is 17.9. The lowest BCUT2D eigenvalue weighted by atomic mass is 9.85. The second-order valence-electron chi connectivity index (χ2n) is 12.4. The number of nitrogens with one attached hydrogen (secondary N) is 1. The maximum Gasteiger partial charge on any atom is 0.407 e. The first-order valence-corrected chi connectivity index (χ1v) is 14.0. The van der Waals surface area contributed by atoms with Gasteiger partial charge in [-0.25, -0.2) is 4.79 Å². The maximum absolute atomic E-state index is 13.9. The highest BCUT2D eigenvalue weighted by Crippen LogP contribution is 2.41. The summed E-state index contributed by atoms with van der Waals surface area (Å²) in [6.45, 7) is 8.76. The molecule has 1 fully saturated rings. The van der Waals surface area contributed by atoms with Gasteiger partial charge in [0.2, 0.25) is 5.91 Å². The van der Waals surface area contributed by atoms with Crippen LogP contribution >= 0.6 is 0 Å². The van der Waals surface area contributed by atoms with Crippen molar-refractivity contribution in [2.24, 2.45) is 5.41 Å². The molecule has 0 aliphatic carbocycles. The van der Waals surface area contributed by atoms with Gasteiger partial charge in [0.25, 0.3) is 0 Å². The van der Waals surface area contributed by atoms with Crippen molar-refractivity contribution >= 4 is 28.5 Å². The molecule has 0 unspecified atom stereocenters. The van der Waals surface area contributed by atoms with E-state index in [2.05, 4.69) is 61.6 Å². The number of carbonyl (C=O) groups is 2. The summed E-state index contributed by atoms with van der Waals surface area (Å²) in [6.07, 6.45) is 5.10. The number of aryl methyl sites for hydroxylation is 1. The van der Waals surface area contributed by atoms with Crippen LogP contribution in [0.15, 0.2) is 30.3 Å². The van der Waals surface area contributed by atoms with Crippen LogP contribution in [0.5, 0.6) is 0 Å². The third-order valence-electron chi connectivity index (χ3n) is 8.25. The van der Waals surface area contributed by atoms with Crippen LogP contribution in [0.25, 0.3) is 10.8 Å². The van der Waals surface area contributed by atoms with E-state index in [1.54, 1.807) is 7.11 Å². The van der Waals surface area contributed by atoms with E-state index in [4.69, 9.17) is 9.47 Å². The molecule has 2 amide bonds. The number of nitrogens with zero attached hydrogens (tertiary/aromatic N) is 2. The van der Waals surface area contributed by atoms with E-state index in [0.29, 0.717) is 19.6 Å². The normalized spacial score (nSPS) is 25.6. The van der Waals surface area contributed by atoms with Crippen LogP contribution in [0.1, 0.15) is 70.9 Å². The Bertz CT molecular complexity index is 1170. The topological polar surface area (TPSA) is 71.1 Å². The molecule has 0 aromatic heterocycles. The lowest BCUT2D eigenvalue weighted by molar-refractivity contribution is -0.137. The first kappa shape index (κ1) is 28.2. The SMILES string of the molecule is CO[C@@]12C[C@@H](C)N(C1)C(=O)[C@H](C(C)(C)C)NC(=O)OCCCCCCc1cc3cc2ccc3cc1N(C)C. The second kappa shape index (κ2) is 11.1. The standard InChI is InChI=1S/C31H45N3O4/c1-21-19-31(37-7)20-34(21)28(35)27(30(2,3)4)32-29(36)38-15-11-9-8-10-12-23-16-24-17-25(31)14-13-22(24)18-26(23)33(5)6/h13-14,16-18,21,27H,8-12,15,19-20H2,1-7H3,(H,32,36)/t21-,27-,31+/m1/s1. The predicted molar refractivity (Wildman–Crippen MR) is 153 cm³/mol.